The van der Waals surface area contributed by atoms with E-state index >= 15 is 0 Å². The summed E-state index contributed by atoms with van der Waals surface area (Å²) < 4.78 is 11.2. The van der Waals surface area contributed by atoms with E-state index in [1.54, 1.807) is 30.3 Å². The van der Waals surface area contributed by atoms with E-state index in [-0.39, 0.29) is 30.0 Å². The fraction of sp³-hybridized carbons (Fsp3) is 0.320. The normalized spacial score (nSPS) is 25.1. The van der Waals surface area contributed by atoms with Crippen LogP contribution in [0.5, 0.6) is 0 Å². The molecule has 3 atom stereocenters. The van der Waals surface area contributed by atoms with Gasteiger partial charge in [0.15, 0.2) is 5.78 Å². The largest absolute Gasteiger partial charge is 0.422 e. The number of hydrogen-bond acceptors (Lipinski definition) is 5. The van der Waals surface area contributed by atoms with Gasteiger partial charge in [-0.15, -0.1) is 0 Å². The fourth-order valence-electron chi connectivity index (χ4n) is 4.32. The molecule has 5 nitrogen and oxygen atoms in total. The van der Waals surface area contributed by atoms with Gasteiger partial charge in [-0.1, -0.05) is 54.6 Å². The summed E-state index contributed by atoms with van der Waals surface area (Å²) in [5.74, 6) is -2.36. The summed E-state index contributed by atoms with van der Waals surface area (Å²) in [6.07, 6.45) is 5.91. The van der Waals surface area contributed by atoms with Gasteiger partial charge in [0.05, 0.1) is 17.9 Å². The second-order valence-electron chi connectivity index (χ2n) is 7.87. The third kappa shape index (κ3) is 4.35. The number of aryl methyl sites for hydroxylation is 1. The van der Waals surface area contributed by atoms with E-state index in [0.29, 0.717) is 31.2 Å². The standard InChI is InChI=1S/C25H24O5/c26-21(13-11-18-7-3-1-4-8-18)14-12-19-15-16-25(22(19)17-23(27)29-25)30-24(28)20-9-5-2-6-10-20/h1-10,12,14,19,22H,11,13,15-17H2. The molecule has 3 unspecified atom stereocenters. The van der Waals surface area contributed by atoms with Crippen molar-refractivity contribution in [1.29, 1.82) is 0 Å². The lowest BCUT2D eigenvalue weighted by Crippen LogP contribution is -2.38. The van der Waals surface area contributed by atoms with E-state index in [1.165, 1.54) is 0 Å². The third-order valence-electron chi connectivity index (χ3n) is 5.89. The number of allylic oxidation sites excluding steroid dienone is 2. The Kier molecular flexibility index (Phi) is 5.79. The minimum absolute atomic E-state index is 0.0410. The lowest BCUT2D eigenvalue weighted by Gasteiger charge is -2.28. The van der Waals surface area contributed by atoms with Gasteiger partial charge >= 0.3 is 11.9 Å². The molecular formula is C25H24O5. The van der Waals surface area contributed by atoms with Gasteiger partial charge in [0, 0.05) is 12.8 Å². The molecule has 0 N–H and O–H groups in total. The third-order valence-corrected chi connectivity index (χ3v) is 5.89. The number of carbonyl (C=O) groups excluding carboxylic acids is 3. The molecule has 154 valence electrons. The van der Waals surface area contributed by atoms with Gasteiger partial charge in [-0.25, -0.2) is 4.79 Å². The predicted molar refractivity (Wildman–Crippen MR) is 110 cm³/mol. The number of rotatable bonds is 7. The molecule has 0 radical (unpaired) electrons. The molecule has 4 rings (SSSR count). The van der Waals surface area contributed by atoms with Gasteiger partial charge in [0.2, 0.25) is 0 Å². The highest BCUT2D eigenvalue weighted by molar-refractivity contribution is 5.90. The number of ether oxygens (including phenoxy) is 2. The van der Waals surface area contributed by atoms with Crippen molar-refractivity contribution < 1.29 is 23.9 Å². The summed E-state index contributed by atoms with van der Waals surface area (Å²) in [5, 5.41) is 0. The Morgan fingerprint density at radius 3 is 2.50 bits per heavy atom. The monoisotopic (exact) mass is 404 g/mol. The van der Waals surface area contributed by atoms with Crippen LogP contribution in [-0.2, 0) is 25.5 Å². The van der Waals surface area contributed by atoms with Crippen molar-refractivity contribution in [2.24, 2.45) is 11.8 Å². The van der Waals surface area contributed by atoms with Crippen molar-refractivity contribution in [3.8, 4) is 0 Å². The summed E-state index contributed by atoms with van der Waals surface area (Å²) in [4.78, 5) is 36.9. The number of ketones is 1. The number of esters is 2. The Hall–Kier alpha value is -3.21. The van der Waals surface area contributed by atoms with Crippen molar-refractivity contribution >= 4 is 17.7 Å². The zero-order valence-corrected chi connectivity index (χ0v) is 16.7. The zero-order chi connectivity index (χ0) is 21.0. The molecule has 1 aliphatic heterocycles. The van der Waals surface area contributed by atoms with Gasteiger partial charge < -0.3 is 9.47 Å². The molecule has 2 aromatic carbocycles. The summed E-state index contributed by atoms with van der Waals surface area (Å²) in [7, 11) is 0. The maximum atomic E-state index is 12.6. The van der Waals surface area contributed by atoms with Crippen molar-refractivity contribution in [3.63, 3.8) is 0 Å². The van der Waals surface area contributed by atoms with Gasteiger partial charge in [-0.05, 0) is 42.5 Å². The Bertz CT molecular complexity index is 950. The quantitative estimate of drug-likeness (QED) is 0.509. The molecule has 1 aliphatic carbocycles. The summed E-state index contributed by atoms with van der Waals surface area (Å²) in [6.45, 7) is 0. The fourth-order valence-corrected chi connectivity index (χ4v) is 4.32. The zero-order valence-electron chi connectivity index (χ0n) is 16.7. The van der Waals surface area contributed by atoms with E-state index in [2.05, 4.69) is 0 Å². The van der Waals surface area contributed by atoms with Crippen molar-refractivity contribution in [1.82, 2.24) is 0 Å². The highest BCUT2D eigenvalue weighted by atomic mass is 16.7. The molecule has 0 bridgehead atoms. The first kappa shape index (κ1) is 20.1. The van der Waals surface area contributed by atoms with Crippen LogP contribution in [-0.4, -0.2) is 23.5 Å². The summed E-state index contributed by atoms with van der Waals surface area (Å²) in [6, 6.07) is 18.6. The van der Waals surface area contributed by atoms with Crippen LogP contribution >= 0.6 is 0 Å². The van der Waals surface area contributed by atoms with E-state index in [0.717, 1.165) is 5.56 Å². The van der Waals surface area contributed by atoms with Crippen LogP contribution < -0.4 is 0 Å². The molecule has 5 heteroatoms. The lowest BCUT2D eigenvalue weighted by atomic mass is 9.90. The highest BCUT2D eigenvalue weighted by Gasteiger charge is 2.59. The molecule has 2 aromatic rings. The number of benzene rings is 2. The van der Waals surface area contributed by atoms with E-state index in [4.69, 9.17) is 9.47 Å². The lowest BCUT2D eigenvalue weighted by molar-refractivity contribution is -0.196. The molecule has 1 saturated carbocycles. The molecule has 0 aromatic heterocycles. The van der Waals surface area contributed by atoms with Crippen LogP contribution in [0.25, 0.3) is 0 Å². The molecule has 2 fully saturated rings. The van der Waals surface area contributed by atoms with Crippen LogP contribution in [0.4, 0.5) is 0 Å². The molecule has 1 heterocycles. The number of fused-ring (bicyclic) bond motifs is 1. The average molecular weight is 404 g/mol. The molecular weight excluding hydrogens is 380 g/mol. The topological polar surface area (TPSA) is 69.7 Å². The minimum Gasteiger partial charge on any atom is -0.422 e. The molecule has 2 aliphatic rings. The van der Waals surface area contributed by atoms with Gasteiger partial charge in [-0.3, -0.25) is 9.59 Å². The first-order valence-electron chi connectivity index (χ1n) is 10.3. The highest BCUT2D eigenvalue weighted by Crippen LogP contribution is 2.50. The first-order chi connectivity index (χ1) is 14.6. The Labute approximate surface area is 175 Å². The Balaban J connectivity index is 1.39. The van der Waals surface area contributed by atoms with Crippen LogP contribution in [0.3, 0.4) is 0 Å². The van der Waals surface area contributed by atoms with Crippen molar-refractivity contribution in [3.05, 3.63) is 83.9 Å². The number of carbonyl (C=O) groups is 3. The molecule has 1 saturated heterocycles. The van der Waals surface area contributed by atoms with Crippen molar-refractivity contribution in [2.75, 3.05) is 0 Å². The van der Waals surface area contributed by atoms with Gasteiger partial charge in [0.1, 0.15) is 0 Å². The Morgan fingerprint density at radius 1 is 1.07 bits per heavy atom. The number of hydrogen-bond donors (Lipinski definition) is 0. The predicted octanol–water partition coefficient (Wildman–Crippen LogP) is 4.27. The van der Waals surface area contributed by atoms with Gasteiger partial charge in [-0.2, -0.15) is 0 Å². The summed E-state index contributed by atoms with van der Waals surface area (Å²) in [5.41, 5.74) is 1.55. The average Bonchev–Trinajstić information content (AvgIpc) is 3.25. The maximum Gasteiger partial charge on any atom is 0.341 e. The summed E-state index contributed by atoms with van der Waals surface area (Å²) >= 11 is 0. The van der Waals surface area contributed by atoms with Crippen LogP contribution in [0.2, 0.25) is 0 Å². The smallest absolute Gasteiger partial charge is 0.341 e. The molecule has 0 spiro atoms. The molecule has 30 heavy (non-hydrogen) atoms. The molecule has 0 amide bonds. The van der Waals surface area contributed by atoms with Crippen LogP contribution in [0, 0.1) is 11.8 Å². The second kappa shape index (κ2) is 8.66. The SMILES string of the molecule is O=C(C=CC1CCC2(OC(=O)c3ccccc3)OC(=O)CC12)CCc1ccccc1. The van der Waals surface area contributed by atoms with E-state index < -0.39 is 11.8 Å². The van der Waals surface area contributed by atoms with E-state index in [9.17, 15) is 14.4 Å². The second-order valence-corrected chi connectivity index (χ2v) is 7.87. The van der Waals surface area contributed by atoms with Crippen LogP contribution in [0.1, 0.15) is 41.6 Å². The van der Waals surface area contributed by atoms with Crippen molar-refractivity contribution in [2.45, 2.75) is 37.9 Å². The van der Waals surface area contributed by atoms with Crippen LogP contribution in [0.15, 0.2) is 72.8 Å². The Morgan fingerprint density at radius 2 is 1.77 bits per heavy atom. The maximum absolute atomic E-state index is 12.6. The minimum atomic E-state index is -1.23. The van der Waals surface area contributed by atoms with E-state index in [1.807, 2.05) is 42.5 Å². The van der Waals surface area contributed by atoms with Gasteiger partial charge in [0.25, 0.3) is 5.79 Å². The first-order valence-corrected chi connectivity index (χ1v) is 10.3.